The number of nitrogens with zero attached hydrogens (tertiary/aromatic N) is 3. The second kappa shape index (κ2) is 9.85. The molecule has 1 aliphatic rings. The van der Waals surface area contributed by atoms with Crippen LogP contribution in [0, 0.1) is 12.8 Å². The molecule has 2 heterocycles. The molecule has 6 nitrogen and oxygen atoms in total. The van der Waals surface area contributed by atoms with Crippen molar-refractivity contribution in [2.75, 3.05) is 20.1 Å². The fourth-order valence-corrected chi connectivity index (χ4v) is 5.98. The van der Waals surface area contributed by atoms with Gasteiger partial charge in [-0.25, -0.2) is 8.42 Å². The molecule has 1 aromatic heterocycles. The largest absolute Gasteiger partial charge is 0.333 e. The Hall–Kier alpha value is -3.03. The number of benzene rings is 2. The number of carbonyl (C=O) groups is 1. The van der Waals surface area contributed by atoms with Crippen molar-refractivity contribution in [1.82, 2.24) is 14.2 Å². The lowest BCUT2D eigenvalue weighted by Gasteiger charge is -2.35. The summed E-state index contributed by atoms with van der Waals surface area (Å²) in [4.78, 5) is 20.2. The highest BCUT2D eigenvalue weighted by Crippen LogP contribution is 2.32. The van der Waals surface area contributed by atoms with Crippen LogP contribution in [0.15, 0.2) is 83.9 Å². The highest BCUT2D eigenvalue weighted by molar-refractivity contribution is 7.89. The maximum Gasteiger partial charge on any atom is 0.243 e. The van der Waals surface area contributed by atoms with Gasteiger partial charge < -0.3 is 4.90 Å². The van der Waals surface area contributed by atoms with Crippen LogP contribution in [0.5, 0.6) is 0 Å². The van der Waals surface area contributed by atoms with Gasteiger partial charge in [0.2, 0.25) is 15.9 Å². The molecule has 4 rings (SSSR count). The van der Waals surface area contributed by atoms with Crippen molar-refractivity contribution < 1.29 is 13.2 Å². The van der Waals surface area contributed by atoms with Crippen LogP contribution < -0.4 is 0 Å². The zero-order chi connectivity index (χ0) is 23.4. The van der Waals surface area contributed by atoms with Gasteiger partial charge in [-0.15, -0.1) is 0 Å². The highest BCUT2D eigenvalue weighted by atomic mass is 32.2. The van der Waals surface area contributed by atoms with E-state index in [1.807, 2.05) is 56.4 Å². The van der Waals surface area contributed by atoms with Crippen molar-refractivity contribution >= 4 is 15.9 Å². The molecule has 3 aromatic rings. The average Bonchev–Trinajstić information content (AvgIpc) is 2.86. The SMILES string of the molecule is Cc1cccnc1C(c1ccccc1)N(C)C(=O)C1CCN(S(=O)(=O)c2ccccc2)CC1. The second-order valence-corrected chi connectivity index (χ2v) is 10.4. The Kier molecular flexibility index (Phi) is 6.91. The number of aryl methyl sites for hydroxylation is 1. The van der Waals surface area contributed by atoms with Crippen LogP contribution in [0.25, 0.3) is 0 Å². The summed E-state index contributed by atoms with van der Waals surface area (Å²) in [6, 6.07) is 22.0. The molecule has 1 saturated heterocycles. The van der Waals surface area contributed by atoms with Crippen molar-refractivity contribution in [2.24, 2.45) is 5.92 Å². The lowest BCUT2D eigenvalue weighted by molar-refractivity contribution is -0.137. The smallest absolute Gasteiger partial charge is 0.243 e. The predicted molar refractivity (Wildman–Crippen MR) is 128 cm³/mol. The zero-order valence-corrected chi connectivity index (χ0v) is 19.8. The van der Waals surface area contributed by atoms with E-state index in [2.05, 4.69) is 4.98 Å². The third-order valence-electron chi connectivity index (χ3n) is 6.34. The van der Waals surface area contributed by atoms with Crippen LogP contribution in [0.4, 0.5) is 0 Å². The molecule has 1 fully saturated rings. The minimum Gasteiger partial charge on any atom is -0.333 e. The standard InChI is InChI=1S/C26H29N3O3S/c1-20-10-9-17-27-24(20)25(21-11-5-3-6-12-21)28(2)26(30)22-15-18-29(19-16-22)33(31,32)23-13-7-4-8-14-23/h3-14,17,22,25H,15-16,18-19H2,1-2H3. The van der Waals surface area contributed by atoms with E-state index < -0.39 is 10.0 Å². The van der Waals surface area contributed by atoms with E-state index in [0.717, 1.165) is 16.8 Å². The van der Waals surface area contributed by atoms with Crippen LogP contribution in [-0.2, 0) is 14.8 Å². The number of hydrogen-bond acceptors (Lipinski definition) is 4. The van der Waals surface area contributed by atoms with E-state index in [-0.39, 0.29) is 17.9 Å². The number of rotatable bonds is 6. The molecule has 0 N–H and O–H groups in total. The monoisotopic (exact) mass is 463 g/mol. The Morgan fingerprint density at radius 3 is 2.18 bits per heavy atom. The van der Waals surface area contributed by atoms with Gasteiger partial charge in [-0.3, -0.25) is 9.78 Å². The van der Waals surface area contributed by atoms with Crippen LogP contribution in [0.1, 0.15) is 35.7 Å². The van der Waals surface area contributed by atoms with Crippen LogP contribution >= 0.6 is 0 Å². The molecule has 1 amide bonds. The maximum atomic E-state index is 13.6. The average molecular weight is 464 g/mol. The van der Waals surface area contributed by atoms with Crippen molar-refractivity contribution in [3.63, 3.8) is 0 Å². The van der Waals surface area contributed by atoms with Crippen LogP contribution in [0.3, 0.4) is 0 Å². The third-order valence-corrected chi connectivity index (χ3v) is 8.26. The van der Waals surface area contributed by atoms with Gasteiger partial charge in [0.05, 0.1) is 16.6 Å². The Balaban J connectivity index is 1.52. The van der Waals surface area contributed by atoms with Gasteiger partial charge in [-0.2, -0.15) is 4.31 Å². The Bertz CT molecular complexity index is 1190. The van der Waals surface area contributed by atoms with Crippen LogP contribution in [-0.4, -0.2) is 48.7 Å². The molecule has 7 heteroatoms. The molecular formula is C26H29N3O3S. The highest BCUT2D eigenvalue weighted by Gasteiger charge is 2.35. The molecule has 1 atom stereocenters. The third kappa shape index (κ3) is 4.84. The zero-order valence-electron chi connectivity index (χ0n) is 19.0. The van der Waals surface area contributed by atoms with Gasteiger partial charge in [0.25, 0.3) is 0 Å². The molecule has 33 heavy (non-hydrogen) atoms. The Morgan fingerprint density at radius 1 is 0.970 bits per heavy atom. The minimum absolute atomic E-state index is 0.0191. The molecule has 0 bridgehead atoms. The summed E-state index contributed by atoms with van der Waals surface area (Å²) in [5.41, 5.74) is 2.87. The summed E-state index contributed by atoms with van der Waals surface area (Å²) in [5.74, 6) is -0.210. The van der Waals surface area contributed by atoms with E-state index in [1.165, 1.54) is 4.31 Å². The molecular weight excluding hydrogens is 434 g/mol. The summed E-state index contributed by atoms with van der Waals surface area (Å²) >= 11 is 0. The van der Waals surface area contributed by atoms with Gasteiger partial charge >= 0.3 is 0 Å². The van der Waals surface area contributed by atoms with Crippen molar-refractivity contribution in [1.29, 1.82) is 0 Å². The van der Waals surface area contributed by atoms with Gasteiger partial charge in [0.15, 0.2) is 0 Å². The van der Waals surface area contributed by atoms with E-state index >= 15 is 0 Å². The number of piperidine rings is 1. The summed E-state index contributed by atoms with van der Waals surface area (Å²) in [6.07, 6.45) is 2.75. The van der Waals surface area contributed by atoms with Crippen molar-refractivity contribution in [3.8, 4) is 0 Å². The Morgan fingerprint density at radius 2 is 1.58 bits per heavy atom. The molecule has 0 radical (unpaired) electrons. The first kappa shape index (κ1) is 23.1. The number of carbonyl (C=O) groups excluding carboxylic acids is 1. The number of aromatic nitrogens is 1. The quantitative estimate of drug-likeness (QED) is 0.553. The molecule has 0 spiro atoms. The topological polar surface area (TPSA) is 70.6 Å². The first-order valence-corrected chi connectivity index (χ1v) is 12.6. The summed E-state index contributed by atoms with van der Waals surface area (Å²) in [5, 5.41) is 0. The Labute approximate surface area is 195 Å². The first-order chi connectivity index (χ1) is 15.9. The number of hydrogen-bond donors (Lipinski definition) is 0. The molecule has 2 aromatic carbocycles. The minimum atomic E-state index is -3.54. The van der Waals surface area contributed by atoms with Gasteiger partial charge in [-0.1, -0.05) is 54.6 Å². The van der Waals surface area contributed by atoms with E-state index in [4.69, 9.17) is 0 Å². The fourth-order valence-electron chi connectivity index (χ4n) is 4.48. The second-order valence-electron chi connectivity index (χ2n) is 8.46. The van der Waals surface area contributed by atoms with E-state index in [0.29, 0.717) is 30.8 Å². The summed E-state index contributed by atoms with van der Waals surface area (Å²) in [6.45, 7) is 2.67. The fraction of sp³-hybridized carbons (Fsp3) is 0.308. The number of amides is 1. The van der Waals surface area contributed by atoms with E-state index in [1.54, 1.807) is 41.4 Å². The lowest BCUT2D eigenvalue weighted by atomic mass is 9.93. The molecule has 0 aliphatic carbocycles. The van der Waals surface area contributed by atoms with Gasteiger partial charge in [0.1, 0.15) is 0 Å². The molecule has 172 valence electrons. The number of pyridine rings is 1. The van der Waals surface area contributed by atoms with Gasteiger partial charge in [-0.05, 0) is 49.1 Å². The lowest BCUT2D eigenvalue weighted by Crippen LogP contribution is -2.44. The maximum absolute atomic E-state index is 13.6. The van der Waals surface area contributed by atoms with Crippen LogP contribution in [0.2, 0.25) is 0 Å². The predicted octanol–water partition coefficient (Wildman–Crippen LogP) is 4.04. The molecule has 1 unspecified atom stereocenters. The van der Waals surface area contributed by atoms with Crippen molar-refractivity contribution in [3.05, 3.63) is 95.8 Å². The normalized spacial score (nSPS) is 16.3. The van der Waals surface area contributed by atoms with Crippen molar-refractivity contribution in [2.45, 2.75) is 30.7 Å². The molecule has 0 saturated carbocycles. The summed E-state index contributed by atoms with van der Waals surface area (Å²) < 4.78 is 27.4. The summed E-state index contributed by atoms with van der Waals surface area (Å²) in [7, 11) is -1.72. The number of sulfonamides is 1. The van der Waals surface area contributed by atoms with E-state index in [9.17, 15) is 13.2 Å². The molecule has 1 aliphatic heterocycles. The first-order valence-electron chi connectivity index (χ1n) is 11.2. The van der Waals surface area contributed by atoms with Gasteiger partial charge in [0, 0.05) is 32.3 Å².